The van der Waals surface area contributed by atoms with E-state index in [9.17, 15) is 19.8 Å². The number of aliphatic hydroxyl groups is 1. The van der Waals surface area contributed by atoms with Crippen LogP contribution in [0.5, 0.6) is 0 Å². The van der Waals surface area contributed by atoms with Gasteiger partial charge in [-0.05, 0) is 19.3 Å². The highest BCUT2D eigenvalue weighted by Gasteiger charge is 2.30. The number of allylic oxidation sites excluding steroid dienone is 2. The number of nitrogens with zero attached hydrogens (tertiary/aromatic N) is 1. The standard InChI is InChI=1S/C21H39NO6/c1-5-6-7-8-9-10-11-12-13-20(24)28-17-18(23)16-27-15-14-19(21(25)26)22(2,3)4/h10-11,18-19,23H,5-9,12-17H2,1-4H3/p+1/b11-10+. The zero-order chi connectivity index (χ0) is 21.4. The molecule has 0 aliphatic heterocycles. The van der Waals surface area contributed by atoms with Crippen LogP contribution in [0.2, 0.25) is 0 Å². The van der Waals surface area contributed by atoms with Crippen LogP contribution in [-0.2, 0) is 19.1 Å². The molecule has 0 amide bonds. The van der Waals surface area contributed by atoms with Crippen molar-refractivity contribution in [1.82, 2.24) is 0 Å². The van der Waals surface area contributed by atoms with Crippen molar-refractivity contribution >= 4 is 11.9 Å². The zero-order valence-corrected chi connectivity index (χ0v) is 18.1. The number of esters is 1. The van der Waals surface area contributed by atoms with Crippen molar-refractivity contribution in [2.45, 2.75) is 70.4 Å². The number of carboxylic acids is 1. The van der Waals surface area contributed by atoms with Crippen LogP contribution in [-0.4, -0.2) is 79.7 Å². The number of quaternary nitrogens is 1. The summed E-state index contributed by atoms with van der Waals surface area (Å²) in [6.07, 6.45) is 10.4. The van der Waals surface area contributed by atoms with Gasteiger partial charge in [-0.3, -0.25) is 4.79 Å². The highest BCUT2D eigenvalue weighted by molar-refractivity contribution is 5.72. The summed E-state index contributed by atoms with van der Waals surface area (Å²) in [5.74, 6) is -1.22. The SMILES string of the molecule is CCCCCC/C=C/CCC(=O)OCC(O)COCCC(C(=O)O)[N+](C)(C)C. The molecule has 2 N–H and O–H groups in total. The van der Waals surface area contributed by atoms with Crippen LogP contribution in [0.25, 0.3) is 0 Å². The molecular weight excluding hydrogens is 362 g/mol. The second-order valence-electron chi connectivity index (χ2n) is 8.03. The Morgan fingerprint density at radius 2 is 1.71 bits per heavy atom. The number of carboxylic acid groups (broad SMARTS) is 1. The van der Waals surface area contributed by atoms with E-state index >= 15 is 0 Å². The lowest BCUT2D eigenvalue weighted by Crippen LogP contribution is -2.50. The topological polar surface area (TPSA) is 93.1 Å². The molecule has 0 fully saturated rings. The molecule has 0 heterocycles. The molecule has 0 saturated carbocycles. The van der Waals surface area contributed by atoms with Gasteiger partial charge in [-0.15, -0.1) is 0 Å². The van der Waals surface area contributed by atoms with E-state index in [1.165, 1.54) is 25.7 Å². The molecule has 164 valence electrons. The number of carbonyl (C=O) groups is 2. The minimum atomic E-state index is -0.912. The molecule has 2 unspecified atom stereocenters. The summed E-state index contributed by atoms with van der Waals surface area (Å²) >= 11 is 0. The molecule has 28 heavy (non-hydrogen) atoms. The molecular formula is C21H40NO6+. The molecule has 0 saturated heterocycles. The summed E-state index contributed by atoms with van der Waals surface area (Å²) < 4.78 is 10.7. The number of unbranched alkanes of at least 4 members (excludes halogenated alkanes) is 4. The molecule has 0 rings (SSSR count). The minimum Gasteiger partial charge on any atom is -0.477 e. The fourth-order valence-corrected chi connectivity index (χ4v) is 2.69. The fourth-order valence-electron chi connectivity index (χ4n) is 2.69. The van der Waals surface area contributed by atoms with Crippen LogP contribution in [0.15, 0.2) is 12.2 Å². The largest absolute Gasteiger partial charge is 0.477 e. The molecule has 0 aromatic heterocycles. The van der Waals surface area contributed by atoms with E-state index in [1.807, 2.05) is 27.2 Å². The molecule has 0 aromatic carbocycles. The monoisotopic (exact) mass is 402 g/mol. The second-order valence-corrected chi connectivity index (χ2v) is 8.03. The molecule has 0 aliphatic carbocycles. The van der Waals surface area contributed by atoms with Gasteiger partial charge in [0.25, 0.3) is 0 Å². The number of ether oxygens (including phenoxy) is 2. The number of hydrogen-bond acceptors (Lipinski definition) is 5. The third-order valence-electron chi connectivity index (χ3n) is 4.41. The van der Waals surface area contributed by atoms with Crippen molar-refractivity contribution in [1.29, 1.82) is 0 Å². The van der Waals surface area contributed by atoms with Gasteiger partial charge in [0, 0.05) is 12.8 Å². The Morgan fingerprint density at radius 3 is 2.32 bits per heavy atom. The van der Waals surface area contributed by atoms with Crippen molar-refractivity contribution in [2.75, 3.05) is 41.0 Å². The van der Waals surface area contributed by atoms with E-state index in [-0.39, 0.29) is 25.8 Å². The molecule has 0 spiro atoms. The zero-order valence-electron chi connectivity index (χ0n) is 18.1. The Morgan fingerprint density at radius 1 is 1.04 bits per heavy atom. The smallest absolute Gasteiger partial charge is 0.362 e. The number of likely N-dealkylation sites (N-methyl/N-ethyl adjacent to an activating group) is 1. The molecule has 0 aromatic rings. The summed E-state index contributed by atoms with van der Waals surface area (Å²) in [5, 5.41) is 19.0. The number of hydrogen-bond donors (Lipinski definition) is 2. The maximum atomic E-state index is 11.7. The molecule has 0 bridgehead atoms. The van der Waals surface area contributed by atoms with Gasteiger partial charge in [0.05, 0.1) is 34.4 Å². The minimum absolute atomic E-state index is 0.00836. The third kappa shape index (κ3) is 14.6. The third-order valence-corrected chi connectivity index (χ3v) is 4.41. The number of aliphatic carboxylic acids is 1. The van der Waals surface area contributed by atoms with Crippen LogP contribution >= 0.6 is 0 Å². The highest BCUT2D eigenvalue weighted by atomic mass is 16.5. The summed E-state index contributed by atoms with van der Waals surface area (Å²) in [5.41, 5.74) is 0. The maximum absolute atomic E-state index is 11.7. The Bertz CT molecular complexity index is 458. The molecule has 0 aliphatic rings. The maximum Gasteiger partial charge on any atom is 0.362 e. The van der Waals surface area contributed by atoms with Gasteiger partial charge < -0.3 is 24.2 Å². The van der Waals surface area contributed by atoms with Crippen LogP contribution < -0.4 is 0 Å². The van der Waals surface area contributed by atoms with Gasteiger partial charge in [-0.1, -0.05) is 38.3 Å². The normalized spacial score (nSPS) is 14.2. The fraction of sp³-hybridized carbons (Fsp3) is 0.810. The average Bonchev–Trinajstić information content (AvgIpc) is 2.60. The van der Waals surface area contributed by atoms with E-state index in [2.05, 4.69) is 13.0 Å². The van der Waals surface area contributed by atoms with E-state index in [4.69, 9.17) is 9.47 Å². The summed E-state index contributed by atoms with van der Waals surface area (Å²) in [6.45, 7) is 2.30. The van der Waals surface area contributed by atoms with Crippen LogP contribution in [0.4, 0.5) is 0 Å². The van der Waals surface area contributed by atoms with Crippen LogP contribution in [0.3, 0.4) is 0 Å². The van der Waals surface area contributed by atoms with Gasteiger partial charge in [0.1, 0.15) is 12.7 Å². The Hall–Kier alpha value is -1.44. The second kappa shape index (κ2) is 15.5. The number of rotatable bonds is 17. The average molecular weight is 403 g/mol. The first kappa shape index (κ1) is 26.6. The molecule has 2 atom stereocenters. The number of carbonyl (C=O) groups excluding carboxylic acids is 1. The van der Waals surface area contributed by atoms with Crippen LogP contribution in [0.1, 0.15) is 58.3 Å². The predicted octanol–water partition coefficient (Wildman–Crippen LogP) is 2.76. The molecule has 0 radical (unpaired) electrons. The van der Waals surface area contributed by atoms with Gasteiger partial charge in [0.2, 0.25) is 0 Å². The van der Waals surface area contributed by atoms with Crippen LogP contribution in [0, 0.1) is 0 Å². The van der Waals surface area contributed by atoms with Gasteiger partial charge in [-0.25, -0.2) is 4.79 Å². The lowest BCUT2D eigenvalue weighted by atomic mass is 10.1. The molecule has 7 heteroatoms. The lowest BCUT2D eigenvalue weighted by Gasteiger charge is -2.31. The number of aliphatic hydroxyl groups excluding tert-OH is 1. The summed E-state index contributed by atoms with van der Waals surface area (Å²) in [7, 11) is 5.44. The van der Waals surface area contributed by atoms with Gasteiger partial charge >= 0.3 is 11.9 Å². The van der Waals surface area contributed by atoms with E-state index in [0.717, 1.165) is 6.42 Å². The highest BCUT2D eigenvalue weighted by Crippen LogP contribution is 2.08. The first-order chi connectivity index (χ1) is 13.2. The predicted molar refractivity (Wildman–Crippen MR) is 109 cm³/mol. The summed E-state index contributed by atoms with van der Waals surface area (Å²) in [4.78, 5) is 22.9. The quantitative estimate of drug-likeness (QED) is 0.168. The van der Waals surface area contributed by atoms with Crippen molar-refractivity contribution in [2.24, 2.45) is 0 Å². The first-order valence-corrected chi connectivity index (χ1v) is 10.3. The lowest BCUT2D eigenvalue weighted by molar-refractivity contribution is -0.887. The molecule has 7 nitrogen and oxygen atoms in total. The summed E-state index contributed by atoms with van der Waals surface area (Å²) in [6, 6.07) is -0.574. The van der Waals surface area contributed by atoms with Crippen molar-refractivity contribution in [3.63, 3.8) is 0 Å². The van der Waals surface area contributed by atoms with E-state index in [0.29, 0.717) is 23.7 Å². The van der Waals surface area contributed by atoms with Gasteiger partial charge in [0.15, 0.2) is 6.04 Å². The Balaban J connectivity index is 3.77. The van der Waals surface area contributed by atoms with Crippen molar-refractivity contribution in [3.05, 3.63) is 12.2 Å². The van der Waals surface area contributed by atoms with E-state index in [1.54, 1.807) is 0 Å². The first-order valence-electron chi connectivity index (χ1n) is 10.3. The Kier molecular flexibility index (Phi) is 14.7. The van der Waals surface area contributed by atoms with Crippen molar-refractivity contribution < 1.29 is 33.8 Å². The van der Waals surface area contributed by atoms with E-state index < -0.39 is 18.1 Å². The van der Waals surface area contributed by atoms with Gasteiger partial charge in [-0.2, -0.15) is 0 Å². The van der Waals surface area contributed by atoms with Crippen molar-refractivity contribution in [3.8, 4) is 0 Å². The Labute approximate surface area is 169 Å².